The van der Waals surface area contributed by atoms with E-state index in [1.165, 1.54) is 109 Å². The van der Waals surface area contributed by atoms with Gasteiger partial charge in [-0.25, -0.2) is 4.57 Å². The zero-order valence-corrected chi connectivity index (χ0v) is 31.6. The average molecular weight is 709 g/mol. The number of unbranched alkanes of at least 4 members (excludes halogenated alkanes) is 23. The van der Waals surface area contributed by atoms with Crippen LogP contribution in [0.5, 0.6) is 0 Å². The molecular weight excluding hydrogens is 635 g/mol. The van der Waals surface area contributed by atoms with Gasteiger partial charge in [-0.15, -0.1) is 0 Å². The summed E-state index contributed by atoms with van der Waals surface area (Å²) in [5.74, 6) is -0.919. The number of aliphatic hydroxyl groups is 2. The topological polar surface area (TPSA) is 149 Å². The van der Waals surface area contributed by atoms with Crippen LogP contribution in [0.15, 0.2) is 0 Å². The quantitative estimate of drug-likeness (QED) is 0.0324. The lowest BCUT2D eigenvalue weighted by atomic mass is 10.0. The van der Waals surface area contributed by atoms with E-state index in [4.69, 9.17) is 19.1 Å². The number of hydrogen-bond donors (Lipinski definition) is 3. The molecule has 0 aromatic rings. The first-order valence-electron chi connectivity index (χ1n) is 19.5. The Morgan fingerprint density at radius 1 is 0.542 bits per heavy atom. The summed E-state index contributed by atoms with van der Waals surface area (Å²) in [4.78, 5) is 34.7. The summed E-state index contributed by atoms with van der Waals surface area (Å²) in [5.41, 5.74) is 0. The third-order valence-electron chi connectivity index (χ3n) is 8.51. The van der Waals surface area contributed by atoms with Crippen molar-refractivity contribution < 1.29 is 47.8 Å². The van der Waals surface area contributed by atoms with E-state index < -0.39 is 51.8 Å². The van der Waals surface area contributed by atoms with Gasteiger partial charge in [-0.2, -0.15) is 0 Å². The summed E-state index contributed by atoms with van der Waals surface area (Å²) in [7, 11) is -4.60. The zero-order chi connectivity index (χ0) is 35.6. The molecule has 0 amide bonds. The molecule has 0 aromatic carbocycles. The first-order chi connectivity index (χ1) is 23.2. The van der Waals surface area contributed by atoms with Crippen molar-refractivity contribution in [1.29, 1.82) is 0 Å². The van der Waals surface area contributed by atoms with Crippen molar-refractivity contribution >= 4 is 19.8 Å². The molecule has 0 aliphatic carbocycles. The minimum absolute atomic E-state index is 0.192. The van der Waals surface area contributed by atoms with E-state index >= 15 is 0 Å². The van der Waals surface area contributed by atoms with Gasteiger partial charge in [0.1, 0.15) is 12.7 Å². The van der Waals surface area contributed by atoms with Gasteiger partial charge in [0.25, 0.3) is 0 Å². The van der Waals surface area contributed by atoms with Gasteiger partial charge in [-0.3, -0.25) is 18.6 Å². The highest BCUT2D eigenvalue weighted by molar-refractivity contribution is 7.47. The Bertz CT molecular complexity index is 781. The molecular formula is C37H73O10P. The largest absolute Gasteiger partial charge is 0.472 e. The molecule has 0 aliphatic heterocycles. The molecule has 0 saturated heterocycles. The number of carbonyl (C=O) groups excluding carboxylic acids is 2. The highest BCUT2D eigenvalue weighted by Crippen LogP contribution is 2.43. The van der Waals surface area contributed by atoms with Crippen LogP contribution in [-0.4, -0.2) is 65.7 Å². The summed E-state index contributed by atoms with van der Waals surface area (Å²) in [6.45, 7) is 2.36. The molecule has 0 heterocycles. The Morgan fingerprint density at radius 3 is 1.29 bits per heavy atom. The minimum atomic E-state index is -4.60. The van der Waals surface area contributed by atoms with E-state index in [0.29, 0.717) is 12.8 Å². The molecule has 0 aliphatic rings. The van der Waals surface area contributed by atoms with Crippen molar-refractivity contribution in [2.45, 2.75) is 199 Å². The molecule has 0 spiro atoms. The normalized spacial score (nSPS) is 14.0. The van der Waals surface area contributed by atoms with Crippen LogP contribution >= 0.6 is 7.82 Å². The summed E-state index contributed by atoms with van der Waals surface area (Å²) in [5, 5.41) is 18.2. The highest BCUT2D eigenvalue weighted by atomic mass is 31.2. The number of aliphatic hydroxyl groups excluding tert-OH is 2. The highest BCUT2D eigenvalue weighted by Gasteiger charge is 2.27. The van der Waals surface area contributed by atoms with E-state index in [0.717, 1.165) is 38.5 Å². The predicted molar refractivity (Wildman–Crippen MR) is 192 cm³/mol. The molecule has 0 aromatic heterocycles. The van der Waals surface area contributed by atoms with E-state index in [9.17, 15) is 24.2 Å². The van der Waals surface area contributed by atoms with E-state index in [-0.39, 0.29) is 19.4 Å². The van der Waals surface area contributed by atoms with Gasteiger partial charge in [-0.1, -0.05) is 162 Å². The SMILES string of the molecule is CCCCCCCCCCCCCCCCCCCC(=O)OC(COC(=O)CCCCCCCCCC)COP(=O)(O)OCC(O)CO. The molecule has 10 nitrogen and oxygen atoms in total. The Hall–Kier alpha value is -1.03. The fourth-order valence-electron chi connectivity index (χ4n) is 5.46. The summed E-state index contributed by atoms with van der Waals surface area (Å²) < 4.78 is 32.5. The maximum atomic E-state index is 12.5. The number of esters is 2. The monoisotopic (exact) mass is 708 g/mol. The van der Waals surface area contributed by atoms with Crippen LogP contribution in [0.3, 0.4) is 0 Å². The van der Waals surface area contributed by atoms with Crippen LogP contribution in [0.1, 0.15) is 187 Å². The zero-order valence-electron chi connectivity index (χ0n) is 30.7. The number of phosphoric acid groups is 1. The Balaban J connectivity index is 4.24. The van der Waals surface area contributed by atoms with Crippen LogP contribution in [-0.2, 0) is 32.7 Å². The fraction of sp³-hybridized carbons (Fsp3) is 0.946. The maximum absolute atomic E-state index is 12.5. The average Bonchev–Trinajstić information content (AvgIpc) is 3.07. The maximum Gasteiger partial charge on any atom is 0.472 e. The molecule has 48 heavy (non-hydrogen) atoms. The van der Waals surface area contributed by atoms with Gasteiger partial charge < -0.3 is 24.6 Å². The van der Waals surface area contributed by atoms with Crippen molar-refractivity contribution in [1.82, 2.24) is 0 Å². The van der Waals surface area contributed by atoms with Crippen LogP contribution in [0.25, 0.3) is 0 Å². The molecule has 0 rings (SSSR count). The van der Waals surface area contributed by atoms with Crippen LogP contribution in [0, 0.1) is 0 Å². The van der Waals surface area contributed by atoms with Crippen molar-refractivity contribution in [3.63, 3.8) is 0 Å². The van der Waals surface area contributed by atoms with E-state index in [1.54, 1.807) is 0 Å². The second-order valence-corrected chi connectivity index (χ2v) is 14.8. The fourth-order valence-corrected chi connectivity index (χ4v) is 6.25. The third kappa shape index (κ3) is 33.5. The van der Waals surface area contributed by atoms with Crippen molar-refractivity contribution in [3.8, 4) is 0 Å². The summed E-state index contributed by atoms with van der Waals surface area (Å²) in [6, 6.07) is 0. The lowest BCUT2D eigenvalue weighted by Crippen LogP contribution is -2.29. The van der Waals surface area contributed by atoms with Gasteiger partial charge in [0.15, 0.2) is 6.10 Å². The third-order valence-corrected chi connectivity index (χ3v) is 9.46. The molecule has 3 N–H and O–H groups in total. The Morgan fingerprint density at radius 2 is 0.896 bits per heavy atom. The lowest BCUT2D eigenvalue weighted by molar-refractivity contribution is -0.161. The van der Waals surface area contributed by atoms with Gasteiger partial charge >= 0.3 is 19.8 Å². The number of hydrogen-bond acceptors (Lipinski definition) is 9. The molecule has 11 heteroatoms. The molecule has 0 saturated carbocycles. The van der Waals surface area contributed by atoms with Gasteiger partial charge in [0, 0.05) is 12.8 Å². The number of rotatable bonds is 37. The molecule has 0 fully saturated rings. The second-order valence-electron chi connectivity index (χ2n) is 13.3. The van der Waals surface area contributed by atoms with Crippen LogP contribution < -0.4 is 0 Å². The standard InChI is InChI=1S/C37H73O10P/c1-3-5-7-9-11-13-14-15-16-17-18-19-20-21-23-25-27-29-37(41)47-35(33-46-48(42,43)45-31-34(39)30-38)32-44-36(40)28-26-24-22-12-10-8-6-4-2/h34-35,38-39H,3-33H2,1-2H3,(H,42,43). The summed E-state index contributed by atoms with van der Waals surface area (Å²) >= 11 is 0. The lowest BCUT2D eigenvalue weighted by Gasteiger charge is -2.20. The predicted octanol–water partition coefficient (Wildman–Crippen LogP) is 9.50. The first kappa shape index (κ1) is 47.0. The smallest absolute Gasteiger partial charge is 0.462 e. The summed E-state index contributed by atoms with van der Waals surface area (Å²) in [6.07, 6.45) is 28.0. The second kappa shape index (κ2) is 34.4. The number of phosphoric ester groups is 1. The van der Waals surface area contributed by atoms with E-state index in [2.05, 4.69) is 18.4 Å². The van der Waals surface area contributed by atoms with Crippen molar-refractivity contribution in [2.24, 2.45) is 0 Å². The van der Waals surface area contributed by atoms with E-state index in [1.807, 2.05) is 0 Å². The Labute approximate surface area is 293 Å². The molecule has 0 radical (unpaired) electrons. The van der Waals surface area contributed by atoms with Crippen molar-refractivity contribution in [3.05, 3.63) is 0 Å². The molecule has 3 atom stereocenters. The molecule has 286 valence electrons. The van der Waals surface area contributed by atoms with Gasteiger partial charge in [0.2, 0.25) is 0 Å². The Kier molecular flexibility index (Phi) is 33.7. The number of carbonyl (C=O) groups is 2. The number of ether oxygens (including phenoxy) is 2. The van der Waals surface area contributed by atoms with Crippen LogP contribution in [0.4, 0.5) is 0 Å². The minimum Gasteiger partial charge on any atom is -0.462 e. The molecule has 3 unspecified atom stereocenters. The first-order valence-corrected chi connectivity index (χ1v) is 21.0. The van der Waals surface area contributed by atoms with Gasteiger partial charge in [0.05, 0.1) is 19.8 Å². The molecule has 0 bridgehead atoms. The van der Waals surface area contributed by atoms with Gasteiger partial charge in [-0.05, 0) is 12.8 Å². The van der Waals surface area contributed by atoms with Crippen LogP contribution in [0.2, 0.25) is 0 Å². The van der Waals surface area contributed by atoms with Crippen molar-refractivity contribution in [2.75, 3.05) is 26.4 Å².